The van der Waals surface area contributed by atoms with Crippen LogP contribution in [0.2, 0.25) is 0 Å². The van der Waals surface area contributed by atoms with Crippen LogP contribution < -0.4 is 15.0 Å². The Labute approximate surface area is 186 Å². The highest BCUT2D eigenvalue weighted by Gasteiger charge is 2.28. The van der Waals surface area contributed by atoms with Gasteiger partial charge in [0, 0.05) is 17.7 Å². The zero-order valence-electron chi connectivity index (χ0n) is 18.4. The molecular weight excluding hydrogens is 412 g/mol. The van der Waals surface area contributed by atoms with Crippen LogP contribution in [0.15, 0.2) is 36.4 Å². The van der Waals surface area contributed by atoms with Crippen molar-refractivity contribution in [2.75, 3.05) is 30.0 Å². The molecule has 0 unspecified atom stereocenters. The van der Waals surface area contributed by atoms with Gasteiger partial charge in [-0.25, -0.2) is 0 Å². The molecule has 8 heteroatoms. The van der Waals surface area contributed by atoms with Crippen LogP contribution in [0.25, 0.3) is 0 Å². The number of amides is 2. The number of rotatable bonds is 8. The van der Waals surface area contributed by atoms with Crippen molar-refractivity contribution in [3.63, 3.8) is 0 Å². The Bertz CT molecular complexity index is 1060. The van der Waals surface area contributed by atoms with Crippen LogP contribution in [-0.4, -0.2) is 43.3 Å². The van der Waals surface area contributed by atoms with E-state index in [9.17, 15) is 19.2 Å². The van der Waals surface area contributed by atoms with E-state index in [1.54, 1.807) is 25.1 Å². The summed E-state index contributed by atoms with van der Waals surface area (Å²) in [4.78, 5) is 50.5. The SMILES string of the molecule is CCOC(=O)CCC(=O)c1ccc2c(c1)N(CC(=O)Nc1ccc(C)c(C)c1)C(=O)CO2. The molecule has 168 valence electrons. The van der Waals surface area contributed by atoms with Crippen molar-refractivity contribution in [2.24, 2.45) is 0 Å². The molecule has 0 atom stereocenters. The monoisotopic (exact) mass is 438 g/mol. The fraction of sp³-hybridized carbons (Fsp3) is 0.333. The first kappa shape index (κ1) is 23.0. The van der Waals surface area contributed by atoms with E-state index in [1.165, 1.54) is 11.0 Å². The first-order valence-corrected chi connectivity index (χ1v) is 10.4. The molecule has 8 nitrogen and oxygen atoms in total. The van der Waals surface area contributed by atoms with Gasteiger partial charge < -0.3 is 14.8 Å². The average molecular weight is 438 g/mol. The third-order valence-electron chi connectivity index (χ3n) is 5.18. The second-order valence-corrected chi connectivity index (χ2v) is 7.53. The highest BCUT2D eigenvalue weighted by atomic mass is 16.5. The van der Waals surface area contributed by atoms with E-state index in [-0.39, 0.29) is 50.2 Å². The highest BCUT2D eigenvalue weighted by Crippen LogP contribution is 2.33. The number of anilines is 2. The van der Waals surface area contributed by atoms with Gasteiger partial charge in [-0.3, -0.25) is 24.1 Å². The maximum atomic E-state index is 12.6. The standard InChI is InChI=1S/C24H26N2O6/c1-4-31-24(30)10-8-20(27)17-6-9-21-19(12-17)26(23(29)14-32-21)13-22(28)25-18-7-5-15(2)16(3)11-18/h5-7,9,11-12H,4,8,10,13-14H2,1-3H3,(H,25,28). The van der Waals surface area contributed by atoms with E-state index < -0.39 is 5.97 Å². The second-order valence-electron chi connectivity index (χ2n) is 7.53. The zero-order chi connectivity index (χ0) is 23.3. The van der Waals surface area contributed by atoms with Crippen molar-refractivity contribution in [3.05, 3.63) is 53.1 Å². The van der Waals surface area contributed by atoms with Gasteiger partial charge in [0.25, 0.3) is 5.91 Å². The van der Waals surface area contributed by atoms with E-state index in [2.05, 4.69) is 5.32 Å². The minimum Gasteiger partial charge on any atom is -0.482 e. The summed E-state index contributed by atoms with van der Waals surface area (Å²) in [5.41, 5.74) is 3.47. The number of fused-ring (bicyclic) bond motifs is 1. The van der Waals surface area contributed by atoms with Gasteiger partial charge in [0.05, 0.1) is 18.7 Å². The number of nitrogens with zero attached hydrogens (tertiary/aromatic N) is 1. The van der Waals surface area contributed by atoms with Crippen LogP contribution >= 0.6 is 0 Å². The number of Topliss-reactive ketones (excluding diaryl/α,β-unsaturated/α-hetero) is 1. The maximum Gasteiger partial charge on any atom is 0.306 e. The van der Waals surface area contributed by atoms with Gasteiger partial charge in [0.2, 0.25) is 5.91 Å². The van der Waals surface area contributed by atoms with E-state index in [4.69, 9.17) is 9.47 Å². The molecule has 2 aromatic rings. The fourth-order valence-electron chi connectivity index (χ4n) is 3.31. The molecule has 1 aliphatic heterocycles. The Morgan fingerprint density at radius 2 is 1.84 bits per heavy atom. The topological polar surface area (TPSA) is 102 Å². The lowest BCUT2D eigenvalue weighted by molar-refractivity contribution is -0.143. The van der Waals surface area contributed by atoms with Gasteiger partial charge in [-0.15, -0.1) is 0 Å². The number of ketones is 1. The molecule has 0 radical (unpaired) electrons. The molecule has 0 spiro atoms. The van der Waals surface area contributed by atoms with Gasteiger partial charge in [-0.1, -0.05) is 6.07 Å². The van der Waals surface area contributed by atoms with Crippen LogP contribution in [0.3, 0.4) is 0 Å². The first-order valence-electron chi connectivity index (χ1n) is 10.4. The van der Waals surface area contributed by atoms with E-state index in [0.717, 1.165) is 11.1 Å². The molecule has 1 N–H and O–H groups in total. The fourth-order valence-corrected chi connectivity index (χ4v) is 3.31. The Kier molecular flexibility index (Phi) is 7.25. The molecule has 0 saturated carbocycles. The van der Waals surface area contributed by atoms with Crippen molar-refractivity contribution in [2.45, 2.75) is 33.6 Å². The molecule has 1 heterocycles. The van der Waals surface area contributed by atoms with Crippen molar-refractivity contribution in [1.82, 2.24) is 0 Å². The third kappa shape index (κ3) is 5.51. The Hall–Kier alpha value is -3.68. The number of benzene rings is 2. The third-order valence-corrected chi connectivity index (χ3v) is 5.18. The smallest absolute Gasteiger partial charge is 0.306 e. The lowest BCUT2D eigenvalue weighted by Gasteiger charge is -2.29. The van der Waals surface area contributed by atoms with Gasteiger partial charge >= 0.3 is 5.97 Å². The Morgan fingerprint density at radius 1 is 1.06 bits per heavy atom. The number of carbonyl (C=O) groups is 4. The average Bonchev–Trinajstić information content (AvgIpc) is 2.76. The Morgan fingerprint density at radius 3 is 2.56 bits per heavy atom. The minimum absolute atomic E-state index is 0.0142. The molecule has 0 aromatic heterocycles. The van der Waals surface area contributed by atoms with Gasteiger partial charge in [-0.2, -0.15) is 0 Å². The zero-order valence-corrected chi connectivity index (χ0v) is 18.4. The number of ether oxygens (including phenoxy) is 2. The summed E-state index contributed by atoms with van der Waals surface area (Å²) in [6.45, 7) is 5.47. The Balaban J connectivity index is 1.74. The summed E-state index contributed by atoms with van der Waals surface area (Å²) in [5, 5.41) is 2.80. The molecule has 0 aliphatic carbocycles. The van der Waals surface area contributed by atoms with Gasteiger partial charge in [0.1, 0.15) is 12.3 Å². The molecular formula is C24H26N2O6. The van der Waals surface area contributed by atoms with Gasteiger partial charge in [-0.05, 0) is 62.2 Å². The van der Waals surface area contributed by atoms with Gasteiger partial charge in [0.15, 0.2) is 12.4 Å². The summed E-state index contributed by atoms with van der Waals surface area (Å²) in [6.07, 6.45) is -0.0407. The number of aryl methyl sites for hydroxylation is 2. The molecule has 0 fully saturated rings. The molecule has 1 aliphatic rings. The lowest BCUT2D eigenvalue weighted by Crippen LogP contribution is -2.43. The largest absolute Gasteiger partial charge is 0.482 e. The summed E-state index contributed by atoms with van der Waals surface area (Å²) in [6, 6.07) is 10.3. The van der Waals surface area contributed by atoms with Crippen LogP contribution in [0.1, 0.15) is 41.3 Å². The quantitative estimate of drug-likeness (QED) is 0.502. The van der Waals surface area contributed by atoms with Crippen molar-refractivity contribution >= 4 is 34.9 Å². The molecule has 2 amide bonds. The molecule has 0 bridgehead atoms. The highest BCUT2D eigenvalue weighted by molar-refractivity contribution is 6.06. The number of esters is 1. The summed E-state index contributed by atoms with van der Waals surface area (Å²) < 4.78 is 10.3. The maximum absolute atomic E-state index is 12.6. The molecule has 3 rings (SSSR count). The predicted octanol–water partition coefficient (Wildman–Crippen LogP) is 3.19. The molecule has 0 saturated heterocycles. The van der Waals surface area contributed by atoms with Crippen molar-refractivity contribution < 1.29 is 28.7 Å². The molecule has 2 aromatic carbocycles. The van der Waals surface area contributed by atoms with Crippen LogP contribution in [0.4, 0.5) is 11.4 Å². The van der Waals surface area contributed by atoms with Crippen molar-refractivity contribution in [3.8, 4) is 5.75 Å². The second kappa shape index (κ2) is 10.1. The van der Waals surface area contributed by atoms with E-state index in [0.29, 0.717) is 22.7 Å². The predicted molar refractivity (Wildman–Crippen MR) is 119 cm³/mol. The summed E-state index contributed by atoms with van der Waals surface area (Å²) >= 11 is 0. The van der Waals surface area contributed by atoms with Crippen LogP contribution in [0.5, 0.6) is 5.75 Å². The summed E-state index contributed by atoms with van der Waals surface area (Å²) in [5.74, 6) is -1.05. The van der Waals surface area contributed by atoms with E-state index in [1.807, 2.05) is 26.0 Å². The molecule has 32 heavy (non-hydrogen) atoms. The number of nitrogens with one attached hydrogen (secondary N) is 1. The summed E-state index contributed by atoms with van der Waals surface area (Å²) in [7, 11) is 0. The first-order chi connectivity index (χ1) is 15.3. The number of hydrogen-bond acceptors (Lipinski definition) is 6. The van der Waals surface area contributed by atoms with Crippen LogP contribution in [0, 0.1) is 13.8 Å². The normalized spacial score (nSPS) is 12.6. The lowest BCUT2D eigenvalue weighted by atomic mass is 10.0. The number of hydrogen-bond donors (Lipinski definition) is 1. The number of carbonyl (C=O) groups excluding carboxylic acids is 4. The van der Waals surface area contributed by atoms with E-state index >= 15 is 0 Å². The van der Waals surface area contributed by atoms with Crippen LogP contribution in [-0.2, 0) is 19.1 Å². The van der Waals surface area contributed by atoms with Crippen molar-refractivity contribution in [1.29, 1.82) is 0 Å². The minimum atomic E-state index is -0.443.